The van der Waals surface area contributed by atoms with E-state index in [1.807, 2.05) is 7.05 Å². The fraction of sp³-hybridized carbons (Fsp3) is 0.333. The van der Waals surface area contributed by atoms with E-state index in [1.165, 1.54) is 32.4 Å². The maximum atomic E-state index is 3.40. The lowest BCUT2D eigenvalue weighted by molar-refractivity contribution is 0.693. The largest absolute Gasteiger partial charge is 0.309 e. The van der Waals surface area contributed by atoms with Crippen molar-refractivity contribution in [3.8, 4) is 0 Å². The van der Waals surface area contributed by atoms with Crippen molar-refractivity contribution in [2.45, 2.75) is 25.8 Å². The highest BCUT2D eigenvalue weighted by Crippen LogP contribution is 2.27. The molecule has 0 aliphatic heterocycles. The first-order valence-corrected chi connectivity index (χ1v) is 8.20. The third-order valence-electron chi connectivity index (χ3n) is 3.06. The van der Waals surface area contributed by atoms with Gasteiger partial charge in [-0.3, -0.25) is 0 Å². The van der Waals surface area contributed by atoms with Crippen molar-refractivity contribution in [3.05, 3.63) is 55.3 Å². The number of hydrogen-bond donors (Lipinski definition) is 1. The summed E-state index contributed by atoms with van der Waals surface area (Å²) >= 11 is 4.18. The summed E-state index contributed by atoms with van der Waals surface area (Å²) in [5.41, 5.74) is 4.12. The van der Waals surface area contributed by atoms with E-state index >= 15 is 0 Å². The van der Waals surface area contributed by atoms with Crippen molar-refractivity contribution in [1.29, 1.82) is 0 Å². The lowest BCUT2D eigenvalue weighted by atomic mass is 9.99. The fourth-order valence-corrected chi connectivity index (χ4v) is 3.56. The summed E-state index contributed by atoms with van der Waals surface area (Å²) < 4.78 is 1.34. The molecule has 0 aliphatic carbocycles. The number of benzene rings is 1. The molecule has 1 nitrogen and oxygen atoms in total. The van der Waals surface area contributed by atoms with E-state index in [9.17, 15) is 0 Å². The molecule has 18 heavy (non-hydrogen) atoms. The van der Waals surface area contributed by atoms with Crippen LogP contribution in [-0.4, -0.2) is 7.05 Å². The van der Waals surface area contributed by atoms with Gasteiger partial charge in [0.05, 0.1) is 8.93 Å². The highest BCUT2D eigenvalue weighted by atomic mass is 127. The van der Waals surface area contributed by atoms with E-state index in [1.54, 1.807) is 11.3 Å². The second kappa shape index (κ2) is 6.68. The molecule has 0 saturated heterocycles. The topological polar surface area (TPSA) is 12.0 Å². The van der Waals surface area contributed by atoms with Crippen LogP contribution in [0.3, 0.4) is 0 Å². The lowest BCUT2D eigenvalue weighted by Gasteiger charge is -2.16. The van der Waals surface area contributed by atoms with Gasteiger partial charge in [0.15, 0.2) is 0 Å². The van der Waals surface area contributed by atoms with Crippen LogP contribution in [0.2, 0.25) is 0 Å². The van der Waals surface area contributed by atoms with Crippen LogP contribution in [0.4, 0.5) is 0 Å². The quantitative estimate of drug-likeness (QED) is 0.757. The monoisotopic (exact) mass is 371 g/mol. The minimum absolute atomic E-state index is 0.306. The molecule has 96 valence electrons. The van der Waals surface area contributed by atoms with Crippen molar-refractivity contribution in [3.63, 3.8) is 0 Å². The molecular formula is C15H18INS. The number of aryl methyl sites for hydroxylation is 1. The minimum atomic E-state index is 0.306. The molecule has 1 aromatic heterocycles. The zero-order valence-electron chi connectivity index (χ0n) is 10.7. The van der Waals surface area contributed by atoms with Crippen LogP contribution in [-0.2, 0) is 6.42 Å². The van der Waals surface area contributed by atoms with Crippen molar-refractivity contribution < 1.29 is 0 Å². The van der Waals surface area contributed by atoms with Gasteiger partial charge in [0.1, 0.15) is 0 Å². The Hall–Kier alpha value is -0.390. The van der Waals surface area contributed by atoms with Gasteiger partial charge >= 0.3 is 0 Å². The number of nitrogens with one attached hydrogen (secondary N) is 1. The van der Waals surface area contributed by atoms with Gasteiger partial charge in [0.2, 0.25) is 0 Å². The predicted octanol–water partition coefficient (Wildman–Crippen LogP) is 4.61. The van der Waals surface area contributed by atoms with E-state index in [2.05, 4.69) is 70.5 Å². The average Bonchev–Trinajstić information content (AvgIpc) is 2.79. The van der Waals surface area contributed by atoms with E-state index in [0.717, 1.165) is 0 Å². The van der Waals surface area contributed by atoms with E-state index < -0.39 is 0 Å². The van der Waals surface area contributed by atoms with Crippen LogP contribution in [0.5, 0.6) is 0 Å². The minimum Gasteiger partial charge on any atom is -0.309 e. The Morgan fingerprint density at radius 3 is 2.44 bits per heavy atom. The second-order valence-corrected chi connectivity index (χ2v) is 7.20. The van der Waals surface area contributed by atoms with Crippen LogP contribution in [0.25, 0.3) is 0 Å². The molecule has 1 aromatic carbocycles. The standard InChI is InChI=1S/C15H18INS/c1-3-4-11-5-7-12(8-6-11)15(17-2)13-9-14(16)18-10-13/h5-10,15,17H,3-4H2,1-2H3. The van der Waals surface area contributed by atoms with Gasteiger partial charge < -0.3 is 5.32 Å². The predicted molar refractivity (Wildman–Crippen MR) is 88.4 cm³/mol. The fourth-order valence-electron chi connectivity index (χ4n) is 2.17. The molecule has 1 heterocycles. The molecule has 1 N–H and O–H groups in total. The molecule has 0 radical (unpaired) electrons. The normalized spacial score (nSPS) is 12.6. The zero-order chi connectivity index (χ0) is 13.0. The highest BCUT2D eigenvalue weighted by molar-refractivity contribution is 14.1. The van der Waals surface area contributed by atoms with Gasteiger partial charge in [-0.1, -0.05) is 37.6 Å². The molecule has 0 bridgehead atoms. The molecular weight excluding hydrogens is 353 g/mol. The molecule has 1 unspecified atom stereocenters. The van der Waals surface area contributed by atoms with E-state index in [4.69, 9.17) is 0 Å². The zero-order valence-corrected chi connectivity index (χ0v) is 13.7. The van der Waals surface area contributed by atoms with Crippen LogP contribution in [0, 0.1) is 2.88 Å². The summed E-state index contributed by atoms with van der Waals surface area (Å²) in [4.78, 5) is 0. The molecule has 0 amide bonds. The molecule has 2 aromatic rings. The van der Waals surface area contributed by atoms with E-state index in [0.29, 0.717) is 6.04 Å². The third kappa shape index (κ3) is 3.33. The Morgan fingerprint density at radius 2 is 1.94 bits per heavy atom. The van der Waals surface area contributed by atoms with E-state index in [-0.39, 0.29) is 0 Å². The first-order chi connectivity index (χ1) is 8.74. The highest BCUT2D eigenvalue weighted by Gasteiger charge is 2.13. The molecule has 2 rings (SSSR count). The summed E-state index contributed by atoms with van der Waals surface area (Å²) in [7, 11) is 2.02. The summed E-state index contributed by atoms with van der Waals surface area (Å²) in [6.07, 6.45) is 2.37. The van der Waals surface area contributed by atoms with Gasteiger partial charge in [0.25, 0.3) is 0 Å². The van der Waals surface area contributed by atoms with Crippen LogP contribution in [0.15, 0.2) is 35.7 Å². The number of thiophene rings is 1. The summed E-state index contributed by atoms with van der Waals surface area (Å²) in [6.45, 7) is 2.22. The number of hydrogen-bond acceptors (Lipinski definition) is 2. The maximum Gasteiger partial charge on any atom is 0.0656 e. The first kappa shape index (κ1) is 14.0. The first-order valence-electron chi connectivity index (χ1n) is 6.24. The van der Waals surface area contributed by atoms with Crippen molar-refractivity contribution in [2.24, 2.45) is 0 Å². The molecule has 1 atom stereocenters. The maximum absolute atomic E-state index is 3.40. The Morgan fingerprint density at radius 1 is 1.22 bits per heavy atom. The smallest absolute Gasteiger partial charge is 0.0656 e. The Labute approximate surface area is 127 Å². The summed E-state index contributed by atoms with van der Waals surface area (Å²) in [5.74, 6) is 0. The SMILES string of the molecule is CCCc1ccc(C(NC)c2csc(I)c2)cc1. The molecule has 0 aliphatic rings. The van der Waals surface area contributed by atoms with Gasteiger partial charge in [0, 0.05) is 0 Å². The van der Waals surface area contributed by atoms with Crippen molar-refractivity contribution in [2.75, 3.05) is 7.05 Å². The van der Waals surface area contributed by atoms with Crippen LogP contribution < -0.4 is 5.32 Å². The second-order valence-electron chi connectivity index (χ2n) is 4.40. The lowest BCUT2D eigenvalue weighted by Crippen LogP contribution is -2.16. The average molecular weight is 371 g/mol. The van der Waals surface area contributed by atoms with Gasteiger partial charge in [-0.05, 0) is 64.2 Å². The molecule has 0 fully saturated rings. The van der Waals surface area contributed by atoms with Crippen LogP contribution in [0.1, 0.15) is 36.1 Å². The third-order valence-corrected chi connectivity index (χ3v) is 4.87. The molecule has 0 spiro atoms. The van der Waals surface area contributed by atoms with Crippen LogP contribution >= 0.6 is 33.9 Å². The van der Waals surface area contributed by atoms with Crippen molar-refractivity contribution >= 4 is 33.9 Å². The molecule has 3 heteroatoms. The Kier molecular flexibility index (Phi) is 5.21. The van der Waals surface area contributed by atoms with Gasteiger partial charge in [-0.25, -0.2) is 0 Å². The van der Waals surface area contributed by atoms with Crippen molar-refractivity contribution in [1.82, 2.24) is 5.32 Å². The number of rotatable bonds is 5. The Bertz CT molecular complexity index is 489. The van der Waals surface area contributed by atoms with Gasteiger partial charge in [-0.2, -0.15) is 0 Å². The van der Waals surface area contributed by atoms with Gasteiger partial charge in [-0.15, -0.1) is 11.3 Å². The summed E-state index contributed by atoms with van der Waals surface area (Å²) in [5, 5.41) is 5.64. The molecule has 0 saturated carbocycles. The summed E-state index contributed by atoms with van der Waals surface area (Å²) in [6, 6.07) is 11.6. The number of halogens is 1. The Balaban J connectivity index is 2.22.